The van der Waals surface area contributed by atoms with Crippen molar-refractivity contribution < 1.29 is 14.7 Å². The highest BCUT2D eigenvalue weighted by atomic mass is 32.1. The number of nitrogens with one attached hydrogen (secondary N) is 1. The molecule has 1 atom stereocenters. The summed E-state index contributed by atoms with van der Waals surface area (Å²) in [5, 5.41) is 13.8. The van der Waals surface area contributed by atoms with Crippen LogP contribution in [-0.4, -0.2) is 27.6 Å². The Balaban J connectivity index is 2.06. The zero-order chi connectivity index (χ0) is 15.9. The first-order chi connectivity index (χ1) is 10.6. The van der Waals surface area contributed by atoms with Crippen LogP contribution in [-0.2, 0) is 11.3 Å². The summed E-state index contributed by atoms with van der Waals surface area (Å²) in [5.41, 5.74) is 0.483. The monoisotopic (exact) mass is 320 g/mol. The fraction of sp³-hybridized carbons (Fsp3) is 0.375. The van der Waals surface area contributed by atoms with E-state index in [1.807, 2.05) is 35.2 Å². The third kappa shape index (κ3) is 4.21. The third-order valence-corrected chi connectivity index (χ3v) is 4.28. The average Bonchev–Trinajstić information content (AvgIpc) is 3.15. The van der Waals surface area contributed by atoms with E-state index in [1.165, 1.54) is 0 Å². The molecule has 0 aromatic carbocycles. The average molecular weight is 320 g/mol. The van der Waals surface area contributed by atoms with Gasteiger partial charge in [-0.1, -0.05) is 25.8 Å². The maximum absolute atomic E-state index is 12.3. The minimum atomic E-state index is -0.988. The highest BCUT2D eigenvalue weighted by molar-refractivity contribution is 7.09. The number of aliphatic carboxylic acids is 1. The van der Waals surface area contributed by atoms with Gasteiger partial charge in [-0.25, -0.2) is 4.79 Å². The molecule has 0 aliphatic rings. The number of hydrogen-bond donors (Lipinski definition) is 2. The summed E-state index contributed by atoms with van der Waals surface area (Å²) in [6, 6.07) is 6.64. The SMILES string of the molecule is CCCCC(NC(=O)c1cccn1Cc1cccs1)C(=O)O. The summed E-state index contributed by atoms with van der Waals surface area (Å²) in [6.45, 7) is 2.60. The summed E-state index contributed by atoms with van der Waals surface area (Å²) in [4.78, 5) is 24.7. The fourth-order valence-corrected chi connectivity index (χ4v) is 2.93. The molecule has 2 heterocycles. The Kier molecular flexibility index (Phi) is 5.77. The van der Waals surface area contributed by atoms with E-state index in [4.69, 9.17) is 0 Å². The lowest BCUT2D eigenvalue weighted by molar-refractivity contribution is -0.139. The van der Waals surface area contributed by atoms with Gasteiger partial charge in [0.05, 0.1) is 6.54 Å². The van der Waals surface area contributed by atoms with Gasteiger partial charge in [0.25, 0.3) is 5.91 Å². The number of carbonyl (C=O) groups is 2. The Labute approximate surface area is 133 Å². The second-order valence-electron chi connectivity index (χ2n) is 5.11. The van der Waals surface area contributed by atoms with Crippen molar-refractivity contribution in [3.63, 3.8) is 0 Å². The maximum atomic E-state index is 12.3. The van der Waals surface area contributed by atoms with E-state index >= 15 is 0 Å². The number of nitrogens with zero attached hydrogens (tertiary/aromatic N) is 1. The molecule has 2 rings (SSSR count). The molecule has 0 fully saturated rings. The van der Waals surface area contributed by atoms with E-state index in [0.29, 0.717) is 18.7 Å². The van der Waals surface area contributed by atoms with Crippen molar-refractivity contribution in [2.24, 2.45) is 0 Å². The van der Waals surface area contributed by atoms with Crippen molar-refractivity contribution in [2.75, 3.05) is 0 Å². The van der Waals surface area contributed by atoms with E-state index < -0.39 is 12.0 Å². The van der Waals surface area contributed by atoms with Crippen LogP contribution in [0, 0.1) is 0 Å². The summed E-state index contributed by atoms with van der Waals surface area (Å²) in [6.07, 6.45) is 3.95. The molecule has 5 nitrogen and oxygen atoms in total. The summed E-state index contributed by atoms with van der Waals surface area (Å²) >= 11 is 1.62. The van der Waals surface area contributed by atoms with Gasteiger partial charge in [-0.05, 0) is 30.0 Å². The number of rotatable bonds is 8. The number of thiophene rings is 1. The summed E-state index contributed by atoms with van der Waals surface area (Å²) in [7, 11) is 0. The minimum Gasteiger partial charge on any atom is -0.480 e. The second kappa shape index (κ2) is 7.79. The van der Waals surface area contributed by atoms with E-state index in [2.05, 4.69) is 5.32 Å². The number of hydrogen-bond acceptors (Lipinski definition) is 3. The molecule has 2 N–H and O–H groups in total. The van der Waals surface area contributed by atoms with Crippen molar-refractivity contribution in [2.45, 2.75) is 38.8 Å². The van der Waals surface area contributed by atoms with Gasteiger partial charge in [0, 0.05) is 11.1 Å². The number of aromatic nitrogens is 1. The molecule has 1 amide bonds. The van der Waals surface area contributed by atoms with Crippen molar-refractivity contribution in [1.82, 2.24) is 9.88 Å². The van der Waals surface area contributed by atoms with Crippen LogP contribution in [0.15, 0.2) is 35.8 Å². The first kappa shape index (κ1) is 16.3. The van der Waals surface area contributed by atoms with Crippen LogP contribution in [0.4, 0.5) is 0 Å². The van der Waals surface area contributed by atoms with E-state index in [-0.39, 0.29) is 5.91 Å². The molecule has 0 radical (unpaired) electrons. The van der Waals surface area contributed by atoms with E-state index in [1.54, 1.807) is 23.5 Å². The molecule has 118 valence electrons. The minimum absolute atomic E-state index is 0.343. The predicted molar refractivity (Wildman–Crippen MR) is 86.3 cm³/mol. The molecule has 0 spiro atoms. The molecule has 22 heavy (non-hydrogen) atoms. The first-order valence-corrected chi connectivity index (χ1v) is 8.21. The number of carboxylic acids is 1. The molecule has 2 aromatic rings. The van der Waals surface area contributed by atoms with Crippen molar-refractivity contribution >= 4 is 23.2 Å². The second-order valence-corrected chi connectivity index (χ2v) is 6.14. The summed E-state index contributed by atoms with van der Waals surface area (Å²) < 4.78 is 1.83. The Morgan fingerprint density at radius 2 is 2.18 bits per heavy atom. The third-order valence-electron chi connectivity index (χ3n) is 3.42. The Morgan fingerprint density at radius 1 is 1.36 bits per heavy atom. The van der Waals surface area contributed by atoms with Crippen LogP contribution in [0.5, 0.6) is 0 Å². The van der Waals surface area contributed by atoms with Gasteiger partial charge >= 0.3 is 5.97 Å². The van der Waals surface area contributed by atoms with Gasteiger partial charge in [0.2, 0.25) is 0 Å². The standard InChI is InChI=1S/C16H20N2O3S/c1-2-3-7-13(16(20)21)17-15(19)14-8-4-9-18(14)11-12-6-5-10-22-12/h4-6,8-10,13H,2-3,7,11H2,1H3,(H,17,19)(H,20,21). The lowest BCUT2D eigenvalue weighted by Gasteiger charge is -2.15. The molecule has 0 saturated carbocycles. The summed E-state index contributed by atoms with van der Waals surface area (Å²) in [5.74, 6) is -1.33. The topological polar surface area (TPSA) is 71.3 Å². The van der Waals surface area contributed by atoms with Crippen LogP contribution in [0.2, 0.25) is 0 Å². The van der Waals surface area contributed by atoms with E-state index in [9.17, 15) is 14.7 Å². The van der Waals surface area contributed by atoms with Crippen LogP contribution in [0.1, 0.15) is 41.6 Å². The Morgan fingerprint density at radius 3 is 2.82 bits per heavy atom. The smallest absolute Gasteiger partial charge is 0.326 e. The molecular formula is C16H20N2O3S. The predicted octanol–water partition coefficient (Wildman–Crippen LogP) is 2.97. The molecule has 0 aliphatic heterocycles. The quantitative estimate of drug-likeness (QED) is 0.785. The highest BCUT2D eigenvalue weighted by Gasteiger charge is 2.21. The van der Waals surface area contributed by atoms with Crippen molar-refractivity contribution in [3.05, 3.63) is 46.4 Å². The van der Waals surface area contributed by atoms with Crippen LogP contribution in [0.25, 0.3) is 0 Å². The molecule has 0 saturated heterocycles. The van der Waals surface area contributed by atoms with Crippen LogP contribution in [0.3, 0.4) is 0 Å². The normalized spacial score (nSPS) is 12.0. The van der Waals surface area contributed by atoms with Crippen LogP contribution < -0.4 is 5.32 Å². The van der Waals surface area contributed by atoms with Crippen molar-refractivity contribution in [3.8, 4) is 0 Å². The van der Waals surface area contributed by atoms with Gasteiger partial charge in [-0.3, -0.25) is 4.79 Å². The highest BCUT2D eigenvalue weighted by Crippen LogP contribution is 2.13. The number of carboxylic acid groups (broad SMARTS) is 1. The largest absolute Gasteiger partial charge is 0.480 e. The number of amides is 1. The molecule has 2 aromatic heterocycles. The van der Waals surface area contributed by atoms with Crippen molar-refractivity contribution in [1.29, 1.82) is 0 Å². The Bertz CT molecular complexity index is 619. The first-order valence-electron chi connectivity index (χ1n) is 7.33. The lowest BCUT2D eigenvalue weighted by atomic mass is 10.1. The molecule has 1 unspecified atom stereocenters. The zero-order valence-electron chi connectivity index (χ0n) is 12.5. The molecule has 0 bridgehead atoms. The Hall–Kier alpha value is -2.08. The fourth-order valence-electron chi connectivity index (χ4n) is 2.23. The molecule has 0 aliphatic carbocycles. The maximum Gasteiger partial charge on any atom is 0.326 e. The van der Waals surface area contributed by atoms with Gasteiger partial charge in [0.15, 0.2) is 0 Å². The van der Waals surface area contributed by atoms with Gasteiger partial charge in [-0.2, -0.15) is 0 Å². The van der Waals surface area contributed by atoms with Crippen LogP contribution >= 0.6 is 11.3 Å². The molecule has 6 heteroatoms. The number of unbranched alkanes of at least 4 members (excludes halogenated alkanes) is 1. The van der Waals surface area contributed by atoms with Gasteiger partial charge in [0.1, 0.15) is 11.7 Å². The van der Waals surface area contributed by atoms with Gasteiger partial charge in [-0.15, -0.1) is 11.3 Å². The van der Waals surface area contributed by atoms with Gasteiger partial charge < -0.3 is 15.0 Å². The van der Waals surface area contributed by atoms with E-state index in [0.717, 1.165) is 17.7 Å². The zero-order valence-corrected chi connectivity index (χ0v) is 13.3. The number of carbonyl (C=O) groups excluding carboxylic acids is 1. The lowest BCUT2D eigenvalue weighted by Crippen LogP contribution is -2.41. The molecular weight excluding hydrogens is 300 g/mol.